The average molecular weight is 989 g/mol. The SMILES string of the molecule is Cc1cc(C)c(-c2ccnc(-n3c4[c-]c(-c5cccc6c5nc(-c5cccc7c5[n-]c5ccccc57)n6-c5ccccc5)ccc4c4cc(-c5ccccc5)ccc43)c2)c(C)c1.[Pt+2]. The maximum absolute atomic E-state index is 5.56. The number of para-hydroxylation sites is 4. The van der Waals surface area contributed by atoms with Crippen LogP contribution in [-0.2, 0) is 21.1 Å². The Labute approximate surface area is 379 Å². The molecule has 5 nitrogen and oxygen atoms in total. The first-order chi connectivity index (χ1) is 30.5. The van der Waals surface area contributed by atoms with Crippen LogP contribution in [-0.4, -0.2) is 19.1 Å². The predicted octanol–water partition coefficient (Wildman–Crippen LogP) is 14.2. The Hall–Kier alpha value is -7.33. The molecule has 0 aliphatic carbocycles. The van der Waals surface area contributed by atoms with E-state index in [1.807, 2.05) is 12.3 Å². The van der Waals surface area contributed by atoms with Crippen molar-refractivity contribution in [2.75, 3.05) is 0 Å². The van der Waals surface area contributed by atoms with Gasteiger partial charge in [0.05, 0.1) is 11.0 Å². The van der Waals surface area contributed by atoms with E-state index in [4.69, 9.17) is 15.0 Å². The van der Waals surface area contributed by atoms with Gasteiger partial charge in [-0.05, 0) is 112 Å². The largest absolute Gasteiger partial charge is 2.00 e. The Balaban J connectivity index is 0.00000444. The summed E-state index contributed by atoms with van der Waals surface area (Å²) in [5.74, 6) is 1.69. The third-order valence-electron chi connectivity index (χ3n) is 12.4. The summed E-state index contributed by atoms with van der Waals surface area (Å²) in [5.41, 5.74) is 18.4. The van der Waals surface area contributed by atoms with Crippen molar-refractivity contribution >= 4 is 54.6 Å². The van der Waals surface area contributed by atoms with Crippen molar-refractivity contribution < 1.29 is 21.1 Å². The van der Waals surface area contributed by atoms with Gasteiger partial charge in [0, 0.05) is 23.0 Å². The molecular weight excluding hydrogens is 950 g/mol. The summed E-state index contributed by atoms with van der Waals surface area (Å²) < 4.78 is 4.56. The maximum Gasteiger partial charge on any atom is 2.00 e. The van der Waals surface area contributed by atoms with E-state index in [-0.39, 0.29) is 21.1 Å². The van der Waals surface area contributed by atoms with Crippen molar-refractivity contribution in [1.82, 2.24) is 24.1 Å². The van der Waals surface area contributed by atoms with Gasteiger partial charge in [-0.15, -0.1) is 34.8 Å². The number of hydrogen-bond acceptors (Lipinski definition) is 2. The molecule has 12 aromatic rings. The third kappa shape index (κ3) is 6.26. The van der Waals surface area contributed by atoms with Gasteiger partial charge in [-0.2, -0.15) is 0 Å². The molecular formula is C57H39N5Pt. The van der Waals surface area contributed by atoms with Gasteiger partial charge in [-0.3, -0.25) is 4.57 Å². The molecule has 8 aromatic carbocycles. The molecule has 302 valence electrons. The van der Waals surface area contributed by atoms with Crippen molar-refractivity contribution in [2.45, 2.75) is 20.8 Å². The normalized spacial score (nSPS) is 11.6. The maximum atomic E-state index is 5.56. The number of benzene rings is 8. The van der Waals surface area contributed by atoms with Crippen LogP contribution < -0.4 is 4.98 Å². The van der Waals surface area contributed by atoms with Gasteiger partial charge < -0.3 is 9.55 Å². The second-order valence-electron chi connectivity index (χ2n) is 16.4. The summed E-state index contributed by atoms with van der Waals surface area (Å²) in [6, 6.07) is 66.4. The van der Waals surface area contributed by atoms with E-state index < -0.39 is 0 Å². The van der Waals surface area contributed by atoms with Crippen molar-refractivity contribution in [3.8, 4) is 56.3 Å². The quantitative estimate of drug-likeness (QED) is 0.156. The molecule has 63 heavy (non-hydrogen) atoms. The summed E-state index contributed by atoms with van der Waals surface area (Å²) in [5, 5.41) is 4.53. The second kappa shape index (κ2) is 15.2. The number of pyridine rings is 1. The molecule has 0 fully saturated rings. The topological polar surface area (TPSA) is 49.7 Å². The monoisotopic (exact) mass is 988 g/mol. The molecule has 0 bridgehead atoms. The Morgan fingerprint density at radius 3 is 2.08 bits per heavy atom. The van der Waals surface area contributed by atoms with Crippen LogP contribution in [0.3, 0.4) is 0 Å². The van der Waals surface area contributed by atoms with Crippen molar-refractivity contribution in [2.24, 2.45) is 0 Å². The second-order valence-corrected chi connectivity index (χ2v) is 16.4. The Morgan fingerprint density at radius 1 is 0.524 bits per heavy atom. The number of aromatic nitrogens is 5. The van der Waals surface area contributed by atoms with Crippen molar-refractivity contribution in [1.29, 1.82) is 0 Å². The fourth-order valence-electron chi connectivity index (χ4n) is 9.80. The zero-order valence-electron chi connectivity index (χ0n) is 34.9. The van der Waals surface area contributed by atoms with E-state index in [0.717, 1.165) is 94.2 Å². The van der Waals surface area contributed by atoms with Crippen LogP contribution in [0.25, 0.3) is 111 Å². The number of aryl methyl sites for hydroxylation is 3. The molecule has 4 aromatic heterocycles. The van der Waals surface area contributed by atoms with E-state index in [2.05, 4.69) is 206 Å². The average Bonchev–Trinajstić information content (AvgIpc) is 3.99. The first kappa shape index (κ1) is 38.6. The summed E-state index contributed by atoms with van der Waals surface area (Å²) in [6.45, 7) is 6.56. The van der Waals surface area contributed by atoms with Gasteiger partial charge in [0.15, 0.2) is 0 Å². The molecule has 4 heterocycles. The van der Waals surface area contributed by atoms with Crippen LogP contribution in [0.15, 0.2) is 182 Å². The first-order valence-corrected chi connectivity index (χ1v) is 21.1. The van der Waals surface area contributed by atoms with Gasteiger partial charge in [-0.25, -0.2) is 9.97 Å². The van der Waals surface area contributed by atoms with E-state index in [1.54, 1.807) is 0 Å². The molecule has 0 spiro atoms. The smallest absolute Gasteiger partial charge is 0.656 e. The molecule has 0 unspecified atom stereocenters. The zero-order chi connectivity index (χ0) is 41.5. The molecule has 0 amide bonds. The van der Waals surface area contributed by atoms with Gasteiger partial charge in [0.2, 0.25) is 0 Å². The standard InChI is InChI=1S/C57H39N5.Pt/c1-35-30-36(2)54(37(3)31-35)41-28-29-58-53(34-41)62-50-27-25-39(38-14-6-4-7-15-38)32-48(50)45-26-24-40(33-52(45)62)43-19-13-23-51-56(43)60-57(61(51)42-16-8-5-9-17-42)47-21-12-20-46-44-18-10-11-22-49(44)59-55(46)47;/h4-32,34H,1-3H3;/q-2;+2. The fraction of sp³-hybridized carbons (Fsp3) is 0.0526. The molecule has 0 N–H and O–H groups in total. The molecule has 0 atom stereocenters. The van der Waals surface area contributed by atoms with Crippen LogP contribution in [0, 0.1) is 26.8 Å². The molecule has 0 aliphatic heterocycles. The molecule has 0 saturated carbocycles. The summed E-state index contributed by atoms with van der Waals surface area (Å²) in [6.07, 6.45) is 1.94. The van der Waals surface area contributed by atoms with Gasteiger partial charge >= 0.3 is 21.1 Å². The number of rotatable bonds is 6. The summed E-state index contributed by atoms with van der Waals surface area (Å²) in [7, 11) is 0. The molecule has 6 heteroatoms. The van der Waals surface area contributed by atoms with Crippen molar-refractivity contribution in [3.05, 3.63) is 205 Å². The number of nitrogens with zero attached hydrogens (tertiary/aromatic N) is 5. The molecule has 12 rings (SSSR count). The van der Waals surface area contributed by atoms with Crippen LogP contribution in [0.1, 0.15) is 16.7 Å². The van der Waals surface area contributed by atoms with Gasteiger partial charge in [0.1, 0.15) is 11.6 Å². The number of imidazole rings is 1. The van der Waals surface area contributed by atoms with E-state index in [1.165, 1.54) is 33.4 Å². The van der Waals surface area contributed by atoms with E-state index >= 15 is 0 Å². The summed E-state index contributed by atoms with van der Waals surface area (Å²) >= 11 is 0. The molecule has 0 aliphatic rings. The first-order valence-electron chi connectivity index (χ1n) is 21.1. The minimum atomic E-state index is 0. The minimum Gasteiger partial charge on any atom is -0.656 e. The fourth-order valence-corrected chi connectivity index (χ4v) is 9.80. The minimum absolute atomic E-state index is 0. The Bertz CT molecular complexity index is 3700. The predicted molar refractivity (Wildman–Crippen MR) is 256 cm³/mol. The van der Waals surface area contributed by atoms with E-state index in [0.29, 0.717) is 0 Å². The zero-order valence-corrected chi connectivity index (χ0v) is 37.1. The van der Waals surface area contributed by atoms with Gasteiger partial charge in [-0.1, -0.05) is 144 Å². The number of hydrogen-bond donors (Lipinski definition) is 0. The summed E-state index contributed by atoms with van der Waals surface area (Å²) in [4.78, 5) is 15.8. The van der Waals surface area contributed by atoms with Crippen molar-refractivity contribution in [3.63, 3.8) is 0 Å². The third-order valence-corrected chi connectivity index (χ3v) is 12.4. The van der Waals surface area contributed by atoms with Crippen LogP contribution >= 0.6 is 0 Å². The number of fused-ring (bicyclic) bond motifs is 7. The molecule has 0 saturated heterocycles. The van der Waals surface area contributed by atoms with Crippen LogP contribution in [0.4, 0.5) is 0 Å². The Kier molecular flexibility index (Phi) is 9.33. The van der Waals surface area contributed by atoms with E-state index in [9.17, 15) is 0 Å². The van der Waals surface area contributed by atoms with Crippen LogP contribution in [0.2, 0.25) is 0 Å². The van der Waals surface area contributed by atoms with Gasteiger partial charge in [0.25, 0.3) is 0 Å². The Morgan fingerprint density at radius 2 is 1.25 bits per heavy atom. The molecule has 0 radical (unpaired) electrons. The van der Waals surface area contributed by atoms with Crippen LogP contribution in [0.5, 0.6) is 0 Å².